The fourth-order valence-electron chi connectivity index (χ4n) is 2.80. The number of nitrogens with one attached hydrogen (secondary N) is 1. The summed E-state index contributed by atoms with van der Waals surface area (Å²) in [5.74, 6) is 1.85. The van der Waals surface area contributed by atoms with Gasteiger partial charge >= 0.3 is 0 Å². The number of likely N-dealkylation sites (tertiary alicyclic amines) is 1. The van der Waals surface area contributed by atoms with Gasteiger partial charge in [-0.15, -0.1) is 0 Å². The molecule has 2 heteroatoms. The topological polar surface area (TPSA) is 15.3 Å². The minimum absolute atomic E-state index is 0.735. The monoisotopic (exact) mass is 210 g/mol. The zero-order valence-electron chi connectivity index (χ0n) is 10.5. The highest BCUT2D eigenvalue weighted by Crippen LogP contribution is 2.31. The van der Waals surface area contributed by atoms with Crippen LogP contribution in [0.4, 0.5) is 0 Å². The summed E-state index contributed by atoms with van der Waals surface area (Å²) in [5.41, 5.74) is 0. The molecule has 3 unspecified atom stereocenters. The van der Waals surface area contributed by atoms with Crippen LogP contribution in [0, 0.1) is 11.8 Å². The highest BCUT2D eigenvalue weighted by atomic mass is 15.1. The maximum atomic E-state index is 3.79. The summed E-state index contributed by atoms with van der Waals surface area (Å²) >= 11 is 0. The lowest BCUT2D eigenvalue weighted by molar-refractivity contribution is 0.168. The Hall–Kier alpha value is -0.0800. The molecule has 0 aromatic rings. The van der Waals surface area contributed by atoms with Gasteiger partial charge in [-0.05, 0) is 57.7 Å². The molecule has 0 aromatic heterocycles. The summed E-state index contributed by atoms with van der Waals surface area (Å²) in [5, 5.41) is 3.79. The summed E-state index contributed by atoms with van der Waals surface area (Å²) < 4.78 is 0. The van der Waals surface area contributed by atoms with Crippen molar-refractivity contribution in [2.75, 3.05) is 19.6 Å². The van der Waals surface area contributed by atoms with E-state index < -0.39 is 0 Å². The first-order valence-electron chi connectivity index (χ1n) is 6.69. The lowest BCUT2D eigenvalue weighted by Crippen LogP contribution is -2.42. The van der Waals surface area contributed by atoms with E-state index in [-0.39, 0.29) is 0 Å². The van der Waals surface area contributed by atoms with E-state index >= 15 is 0 Å². The van der Waals surface area contributed by atoms with Crippen molar-refractivity contribution < 1.29 is 0 Å². The van der Waals surface area contributed by atoms with Crippen molar-refractivity contribution in [1.29, 1.82) is 0 Å². The third-order valence-corrected chi connectivity index (χ3v) is 4.37. The molecule has 1 N–H and O–H groups in total. The van der Waals surface area contributed by atoms with E-state index in [0.29, 0.717) is 0 Å². The van der Waals surface area contributed by atoms with E-state index in [1.165, 1.54) is 38.9 Å². The van der Waals surface area contributed by atoms with E-state index in [1.807, 2.05) is 0 Å². The number of nitrogens with zero attached hydrogens (tertiary/aromatic N) is 1. The molecule has 1 aliphatic heterocycles. The van der Waals surface area contributed by atoms with Gasteiger partial charge in [-0.3, -0.25) is 0 Å². The Morgan fingerprint density at radius 3 is 2.40 bits per heavy atom. The molecule has 0 spiro atoms. The predicted octanol–water partition coefficient (Wildman–Crippen LogP) is 2.10. The Balaban J connectivity index is 1.70. The van der Waals surface area contributed by atoms with Crippen molar-refractivity contribution in [3.8, 4) is 0 Å². The van der Waals surface area contributed by atoms with Gasteiger partial charge in [-0.25, -0.2) is 0 Å². The van der Waals surface area contributed by atoms with Crippen LogP contribution in [-0.2, 0) is 0 Å². The van der Waals surface area contributed by atoms with Crippen LogP contribution >= 0.6 is 0 Å². The van der Waals surface area contributed by atoms with Gasteiger partial charge in [0.1, 0.15) is 0 Å². The molecule has 2 fully saturated rings. The highest BCUT2D eigenvalue weighted by molar-refractivity contribution is 4.93. The van der Waals surface area contributed by atoms with Gasteiger partial charge in [-0.2, -0.15) is 0 Å². The molecule has 0 aromatic carbocycles. The molecule has 2 aliphatic rings. The van der Waals surface area contributed by atoms with Gasteiger partial charge < -0.3 is 10.2 Å². The summed E-state index contributed by atoms with van der Waals surface area (Å²) in [6.07, 6.45) is 4.18. The lowest BCUT2D eigenvalue weighted by Gasteiger charge is -2.34. The summed E-state index contributed by atoms with van der Waals surface area (Å²) in [6, 6.07) is 1.57. The van der Waals surface area contributed by atoms with Crippen LogP contribution < -0.4 is 5.32 Å². The molecule has 15 heavy (non-hydrogen) atoms. The molecule has 2 nitrogen and oxygen atoms in total. The third-order valence-electron chi connectivity index (χ3n) is 4.37. The quantitative estimate of drug-likeness (QED) is 0.764. The van der Waals surface area contributed by atoms with E-state index in [0.717, 1.165) is 23.9 Å². The van der Waals surface area contributed by atoms with E-state index in [2.05, 4.69) is 31.0 Å². The summed E-state index contributed by atoms with van der Waals surface area (Å²) in [7, 11) is 0. The molecule has 0 amide bonds. The van der Waals surface area contributed by atoms with Crippen molar-refractivity contribution >= 4 is 0 Å². The number of hydrogen-bond acceptors (Lipinski definition) is 2. The van der Waals surface area contributed by atoms with Crippen molar-refractivity contribution in [2.24, 2.45) is 11.8 Å². The van der Waals surface area contributed by atoms with Crippen LogP contribution in [0.3, 0.4) is 0 Å². The number of hydrogen-bond donors (Lipinski definition) is 1. The van der Waals surface area contributed by atoms with Crippen molar-refractivity contribution in [3.63, 3.8) is 0 Å². The molecule has 1 saturated carbocycles. The van der Waals surface area contributed by atoms with Crippen LogP contribution in [0.5, 0.6) is 0 Å². The standard InChI is InChI=1S/C13H26N2/c1-4-15-7-5-12(6-8-15)11(3)14-13-9-10(13)2/h10-14H,4-9H2,1-3H3. The fraction of sp³-hybridized carbons (Fsp3) is 1.00. The van der Waals surface area contributed by atoms with Gasteiger partial charge in [0.15, 0.2) is 0 Å². The second-order valence-corrected chi connectivity index (χ2v) is 5.55. The molecule has 0 radical (unpaired) electrons. The minimum Gasteiger partial charge on any atom is -0.311 e. The third kappa shape index (κ3) is 2.94. The van der Waals surface area contributed by atoms with Gasteiger partial charge in [0.25, 0.3) is 0 Å². The van der Waals surface area contributed by atoms with Crippen molar-refractivity contribution in [3.05, 3.63) is 0 Å². The van der Waals surface area contributed by atoms with Crippen LogP contribution in [0.1, 0.15) is 40.0 Å². The Kier molecular flexibility index (Phi) is 3.68. The highest BCUT2D eigenvalue weighted by Gasteiger charge is 2.35. The largest absolute Gasteiger partial charge is 0.311 e. The van der Waals surface area contributed by atoms with E-state index in [9.17, 15) is 0 Å². The second kappa shape index (κ2) is 4.84. The summed E-state index contributed by atoms with van der Waals surface area (Å²) in [6.45, 7) is 10.9. The maximum absolute atomic E-state index is 3.79. The SMILES string of the molecule is CCN1CCC(C(C)NC2CC2C)CC1. The number of rotatable bonds is 4. The van der Waals surface area contributed by atoms with E-state index in [1.54, 1.807) is 0 Å². The minimum atomic E-state index is 0.735. The second-order valence-electron chi connectivity index (χ2n) is 5.55. The molecule has 0 bridgehead atoms. The van der Waals surface area contributed by atoms with Crippen LogP contribution in [0.25, 0.3) is 0 Å². The smallest absolute Gasteiger partial charge is 0.00989 e. The van der Waals surface area contributed by atoms with E-state index in [4.69, 9.17) is 0 Å². The molecule has 3 atom stereocenters. The van der Waals surface area contributed by atoms with Crippen molar-refractivity contribution in [1.82, 2.24) is 10.2 Å². The van der Waals surface area contributed by atoms with Crippen LogP contribution in [0.15, 0.2) is 0 Å². The normalized spacial score (nSPS) is 35.4. The first kappa shape index (κ1) is 11.4. The molecule has 1 saturated heterocycles. The fourth-order valence-corrected chi connectivity index (χ4v) is 2.80. The van der Waals surface area contributed by atoms with Gasteiger partial charge in [0, 0.05) is 12.1 Å². The van der Waals surface area contributed by atoms with Crippen LogP contribution in [0.2, 0.25) is 0 Å². The number of piperidine rings is 1. The van der Waals surface area contributed by atoms with Crippen LogP contribution in [-0.4, -0.2) is 36.6 Å². The van der Waals surface area contributed by atoms with Gasteiger partial charge in [0.05, 0.1) is 0 Å². The average molecular weight is 210 g/mol. The first-order chi connectivity index (χ1) is 7.20. The Bertz CT molecular complexity index is 197. The molecule has 2 rings (SSSR count). The Morgan fingerprint density at radius 2 is 1.93 bits per heavy atom. The first-order valence-corrected chi connectivity index (χ1v) is 6.69. The molecular formula is C13H26N2. The summed E-state index contributed by atoms with van der Waals surface area (Å²) in [4.78, 5) is 2.57. The van der Waals surface area contributed by atoms with Gasteiger partial charge in [0.2, 0.25) is 0 Å². The Labute approximate surface area is 94.4 Å². The molecule has 1 aliphatic carbocycles. The zero-order valence-corrected chi connectivity index (χ0v) is 10.5. The lowest BCUT2D eigenvalue weighted by atomic mass is 9.90. The van der Waals surface area contributed by atoms with Crippen molar-refractivity contribution in [2.45, 2.75) is 52.1 Å². The van der Waals surface area contributed by atoms with Gasteiger partial charge in [-0.1, -0.05) is 13.8 Å². The predicted molar refractivity (Wildman–Crippen MR) is 65.0 cm³/mol. The molecule has 88 valence electrons. The molecule has 1 heterocycles. The Morgan fingerprint density at radius 1 is 1.33 bits per heavy atom. The zero-order chi connectivity index (χ0) is 10.8. The molecular weight excluding hydrogens is 184 g/mol. The maximum Gasteiger partial charge on any atom is 0.00989 e. The average Bonchev–Trinajstić information content (AvgIpc) is 2.94.